The van der Waals surface area contributed by atoms with Crippen molar-refractivity contribution in [3.8, 4) is 11.5 Å². The van der Waals surface area contributed by atoms with Crippen molar-refractivity contribution in [2.45, 2.75) is 4.90 Å². The predicted molar refractivity (Wildman–Crippen MR) is 101 cm³/mol. The molecule has 0 fully saturated rings. The zero-order valence-electron chi connectivity index (χ0n) is 14.8. The Labute approximate surface area is 162 Å². The minimum absolute atomic E-state index is 0.105. The van der Waals surface area contributed by atoms with Crippen LogP contribution in [-0.2, 0) is 9.84 Å². The van der Waals surface area contributed by atoms with E-state index in [4.69, 9.17) is 0 Å². The van der Waals surface area contributed by atoms with Crippen LogP contribution in [0.25, 0.3) is 22.6 Å². The lowest BCUT2D eigenvalue weighted by Gasteiger charge is -2.06. The van der Waals surface area contributed by atoms with E-state index < -0.39 is 32.9 Å². The van der Waals surface area contributed by atoms with Crippen molar-refractivity contribution in [3.63, 3.8) is 0 Å². The molecule has 8 nitrogen and oxygen atoms in total. The van der Waals surface area contributed by atoms with Gasteiger partial charge in [0.25, 0.3) is 5.91 Å². The number of aromatic nitrogens is 4. The largest absolute Gasteiger partial charge is 0.337 e. The molecule has 2 heterocycles. The Kier molecular flexibility index (Phi) is 4.38. The molecular weight excluding hydrogens is 404 g/mol. The molecule has 0 saturated heterocycles. The van der Waals surface area contributed by atoms with Crippen LogP contribution in [-0.4, -0.2) is 40.7 Å². The lowest BCUT2D eigenvalue weighted by molar-refractivity contribution is 0.101. The molecule has 1 amide bonds. The van der Waals surface area contributed by atoms with Gasteiger partial charge in [-0.3, -0.25) is 9.89 Å². The molecule has 0 aliphatic rings. The standard InChI is InChI=1S/C18H13F2N5O3S/c1-29(27,28)9-5-6-12-13(7-9)23-17(22-12)16-14(8-21-25-16)24-18(26)15-10(19)3-2-4-11(15)20/h2-8H,1H3,(H,21,25)(H,22,23)(H,24,26). The number of carbonyl (C=O) groups is 1. The summed E-state index contributed by atoms with van der Waals surface area (Å²) >= 11 is 0. The first-order chi connectivity index (χ1) is 13.7. The number of amides is 1. The zero-order chi connectivity index (χ0) is 20.8. The summed E-state index contributed by atoms with van der Waals surface area (Å²) in [5.74, 6) is -2.75. The summed E-state index contributed by atoms with van der Waals surface area (Å²) in [6.07, 6.45) is 2.42. The third kappa shape index (κ3) is 3.47. The first-order valence-electron chi connectivity index (χ1n) is 8.23. The smallest absolute Gasteiger partial charge is 0.261 e. The number of anilines is 1. The van der Waals surface area contributed by atoms with Crippen LogP contribution < -0.4 is 5.32 Å². The van der Waals surface area contributed by atoms with E-state index in [1.165, 1.54) is 18.3 Å². The van der Waals surface area contributed by atoms with Crippen molar-refractivity contribution >= 4 is 32.5 Å². The Balaban J connectivity index is 1.70. The Morgan fingerprint density at radius 3 is 2.55 bits per heavy atom. The van der Waals surface area contributed by atoms with Gasteiger partial charge in [-0.05, 0) is 30.3 Å². The Bertz CT molecular complexity index is 1340. The van der Waals surface area contributed by atoms with E-state index in [1.54, 1.807) is 6.07 Å². The van der Waals surface area contributed by atoms with Gasteiger partial charge in [0, 0.05) is 12.5 Å². The Hall–Kier alpha value is -3.60. The number of hydrogen-bond donors (Lipinski definition) is 3. The summed E-state index contributed by atoms with van der Waals surface area (Å²) in [6.45, 7) is 0. The molecule has 0 aliphatic carbocycles. The third-order valence-electron chi connectivity index (χ3n) is 4.19. The van der Waals surface area contributed by atoms with Crippen LogP contribution >= 0.6 is 0 Å². The number of imidazole rings is 1. The van der Waals surface area contributed by atoms with Gasteiger partial charge in [-0.25, -0.2) is 22.2 Å². The van der Waals surface area contributed by atoms with E-state index in [1.807, 2.05) is 0 Å². The highest BCUT2D eigenvalue weighted by Crippen LogP contribution is 2.27. The van der Waals surface area contributed by atoms with Gasteiger partial charge < -0.3 is 10.3 Å². The van der Waals surface area contributed by atoms with Gasteiger partial charge in [0.15, 0.2) is 21.4 Å². The van der Waals surface area contributed by atoms with Crippen LogP contribution in [0.1, 0.15) is 10.4 Å². The molecular formula is C18H13F2N5O3S. The molecule has 0 bridgehead atoms. The van der Waals surface area contributed by atoms with Gasteiger partial charge in [-0.2, -0.15) is 5.10 Å². The zero-order valence-corrected chi connectivity index (χ0v) is 15.6. The highest BCUT2D eigenvalue weighted by Gasteiger charge is 2.21. The van der Waals surface area contributed by atoms with Crippen LogP contribution in [0.3, 0.4) is 0 Å². The number of fused-ring (bicyclic) bond motifs is 1. The fourth-order valence-corrected chi connectivity index (χ4v) is 3.43. The molecule has 148 valence electrons. The van der Waals surface area contributed by atoms with E-state index in [0.717, 1.165) is 24.5 Å². The maximum Gasteiger partial charge on any atom is 0.261 e. The van der Waals surface area contributed by atoms with Gasteiger partial charge in [-0.15, -0.1) is 0 Å². The van der Waals surface area contributed by atoms with E-state index in [2.05, 4.69) is 25.5 Å². The normalized spacial score (nSPS) is 11.7. The number of rotatable bonds is 4. The summed E-state index contributed by atoms with van der Waals surface area (Å²) < 4.78 is 51.1. The van der Waals surface area contributed by atoms with E-state index in [9.17, 15) is 22.0 Å². The summed E-state index contributed by atoms with van der Waals surface area (Å²) in [5, 5.41) is 8.96. The summed E-state index contributed by atoms with van der Waals surface area (Å²) in [6, 6.07) is 7.52. The van der Waals surface area contributed by atoms with Gasteiger partial charge in [0.2, 0.25) is 0 Å². The van der Waals surface area contributed by atoms with Crippen LogP contribution in [0, 0.1) is 11.6 Å². The van der Waals surface area contributed by atoms with Gasteiger partial charge >= 0.3 is 0 Å². The maximum atomic E-state index is 13.8. The molecule has 4 aromatic rings. The second-order valence-electron chi connectivity index (χ2n) is 6.23. The summed E-state index contributed by atoms with van der Waals surface area (Å²) in [4.78, 5) is 19.7. The van der Waals surface area contributed by atoms with Crippen LogP contribution in [0.2, 0.25) is 0 Å². The van der Waals surface area contributed by atoms with Crippen LogP contribution in [0.4, 0.5) is 14.5 Å². The molecule has 11 heteroatoms. The number of hydrogen-bond acceptors (Lipinski definition) is 5. The molecule has 2 aromatic heterocycles. The lowest BCUT2D eigenvalue weighted by atomic mass is 10.2. The molecule has 0 saturated carbocycles. The van der Waals surface area contributed by atoms with E-state index in [0.29, 0.717) is 11.0 Å². The number of H-pyrrole nitrogens is 2. The van der Waals surface area contributed by atoms with Crippen molar-refractivity contribution in [2.24, 2.45) is 0 Å². The molecule has 0 radical (unpaired) electrons. The first kappa shape index (κ1) is 18.7. The molecule has 2 aromatic carbocycles. The third-order valence-corrected chi connectivity index (χ3v) is 5.30. The summed E-state index contributed by atoms with van der Waals surface area (Å²) in [7, 11) is -3.41. The average Bonchev–Trinajstić information content (AvgIpc) is 3.26. The quantitative estimate of drug-likeness (QED) is 0.472. The number of carbonyl (C=O) groups excluding carboxylic acids is 1. The SMILES string of the molecule is CS(=O)(=O)c1ccc2[nH]c(-c3n[nH]cc3NC(=O)c3c(F)cccc3F)nc2c1. The number of halogens is 2. The number of benzene rings is 2. The second-order valence-corrected chi connectivity index (χ2v) is 8.25. The van der Waals surface area contributed by atoms with Gasteiger partial charge in [0.1, 0.15) is 17.2 Å². The van der Waals surface area contributed by atoms with E-state index >= 15 is 0 Å². The van der Waals surface area contributed by atoms with Crippen LogP contribution in [0.15, 0.2) is 47.5 Å². The fourth-order valence-electron chi connectivity index (χ4n) is 2.79. The van der Waals surface area contributed by atoms with E-state index in [-0.39, 0.29) is 22.1 Å². The Morgan fingerprint density at radius 1 is 1.14 bits per heavy atom. The Morgan fingerprint density at radius 2 is 1.86 bits per heavy atom. The topological polar surface area (TPSA) is 121 Å². The monoisotopic (exact) mass is 417 g/mol. The molecule has 29 heavy (non-hydrogen) atoms. The number of sulfone groups is 1. The lowest BCUT2D eigenvalue weighted by Crippen LogP contribution is -2.16. The predicted octanol–water partition coefficient (Wildman–Crippen LogP) is 2.89. The van der Waals surface area contributed by atoms with Gasteiger partial charge in [-0.1, -0.05) is 6.07 Å². The minimum atomic E-state index is -3.41. The highest BCUT2D eigenvalue weighted by atomic mass is 32.2. The number of aromatic amines is 2. The minimum Gasteiger partial charge on any atom is -0.337 e. The van der Waals surface area contributed by atoms with Crippen molar-refractivity contribution in [1.29, 1.82) is 0 Å². The fraction of sp³-hybridized carbons (Fsp3) is 0.0556. The van der Waals surface area contributed by atoms with Crippen molar-refractivity contribution in [3.05, 3.63) is 59.8 Å². The molecule has 0 atom stereocenters. The van der Waals surface area contributed by atoms with Crippen molar-refractivity contribution < 1.29 is 22.0 Å². The average molecular weight is 417 g/mol. The van der Waals surface area contributed by atoms with Gasteiger partial charge in [0.05, 0.1) is 21.6 Å². The number of nitrogens with one attached hydrogen (secondary N) is 3. The molecule has 4 rings (SSSR count). The summed E-state index contributed by atoms with van der Waals surface area (Å²) in [5.41, 5.74) is 0.533. The highest BCUT2D eigenvalue weighted by molar-refractivity contribution is 7.90. The molecule has 3 N–H and O–H groups in total. The number of nitrogens with zero attached hydrogens (tertiary/aromatic N) is 2. The molecule has 0 aliphatic heterocycles. The maximum absolute atomic E-state index is 13.8. The first-order valence-corrected chi connectivity index (χ1v) is 10.1. The van der Waals surface area contributed by atoms with Crippen molar-refractivity contribution in [2.75, 3.05) is 11.6 Å². The second kappa shape index (κ2) is 6.78. The molecule has 0 unspecified atom stereocenters. The van der Waals surface area contributed by atoms with Crippen LogP contribution in [0.5, 0.6) is 0 Å². The van der Waals surface area contributed by atoms with Crippen molar-refractivity contribution in [1.82, 2.24) is 20.2 Å². The molecule has 0 spiro atoms.